The summed E-state index contributed by atoms with van der Waals surface area (Å²) in [6.45, 7) is 3.27. The molecule has 0 bridgehead atoms. The van der Waals surface area contributed by atoms with Gasteiger partial charge >= 0.3 is 11.9 Å². The third kappa shape index (κ3) is 3.43. The summed E-state index contributed by atoms with van der Waals surface area (Å²) in [4.78, 5) is 22.5. The van der Waals surface area contributed by atoms with Gasteiger partial charge in [0.2, 0.25) is 0 Å². The first-order valence-corrected chi connectivity index (χ1v) is 5.92. The van der Waals surface area contributed by atoms with Gasteiger partial charge in [-0.2, -0.15) is 0 Å². The Morgan fingerprint density at radius 3 is 2.47 bits per heavy atom. The lowest BCUT2D eigenvalue weighted by Crippen LogP contribution is -2.44. The van der Waals surface area contributed by atoms with Gasteiger partial charge in [-0.1, -0.05) is 6.92 Å². The molecule has 0 radical (unpaired) electrons. The van der Waals surface area contributed by atoms with E-state index in [1.807, 2.05) is 6.92 Å². The second-order valence-corrected chi connectivity index (χ2v) is 4.48. The third-order valence-corrected chi connectivity index (χ3v) is 3.34. The van der Waals surface area contributed by atoms with E-state index in [0.29, 0.717) is 19.3 Å². The summed E-state index contributed by atoms with van der Waals surface area (Å²) in [7, 11) is 1.32. The highest BCUT2D eigenvalue weighted by molar-refractivity contribution is 5.72. The van der Waals surface area contributed by atoms with E-state index in [1.165, 1.54) is 14.0 Å². The molecule has 0 unspecified atom stereocenters. The summed E-state index contributed by atoms with van der Waals surface area (Å²) in [5, 5.41) is 9.97. The Balaban J connectivity index is 2.75. The topological polar surface area (TPSA) is 72.8 Å². The lowest BCUT2D eigenvalue weighted by atomic mass is 9.76. The first kappa shape index (κ1) is 14.0. The molecule has 0 heterocycles. The molecular weight excluding hydrogens is 224 g/mol. The molecule has 0 spiro atoms. The van der Waals surface area contributed by atoms with E-state index >= 15 is 0 Å². The average Bonchev–Trinajstić information content (AvgIpc) is 2.26. The SMILES string of the molecule is CC[C@H]1[C@@H](O)C[C@@H](C(=O)OC)C[C@H]1OC(C)=O. The predicted octanol–water partition coefficient (Wildman–Crippen LogP) is 0.888. The number of hydrogen-bond donors (Lipinski definition) is 1. The molecule has 0 aromatic carbocycles. The second kappa shape index (κ2) is 6.00. The molecule has 1 aliphatic carbocycles. The van der Waals surface area contributed by atoms with Gasteiger partial charge in [0.15, 0.2) is 0 Å². The van der Waals surface area contributed by atoms with Gasteiger partial charge in [0.05, 0.1) is 19.1 Å². The monoisotopic (exact) mass is 244 g/mol. The Morgan fingerprint density at radius 1 is 1.35 bits per heavy atom. The minimum Gasteiger partial charge on any atom is -0.469 e. The highest BCUT2D eigenvalue weighted by Gasteiger charge is 2.40. The number of aliphatic hydroxyl groups excluding tert-OH is 1. The largest absolute Gasteiger partial charge is 0.469 e. The molecule has 1 N–H and O–H groups in total. The molecule has 1 fully saturated rings. The van der Waals surface area contributed by atoms with Crippen molar-refractivity contribution >= 4 is 11.9 Å². The number of ether oxygens (including phenoxy) is 2. The van der Waals surface area contributed by atoms with E-state index in [9.17, 15) is 14.7 Å². The molecule has 1 saturated carbocycles. The van der Waals surface area contributed by atoms with E-state index in [-0.39, 0.29) is 23.8 Å². The van der Waals surface area contributed by atoms with Crippen LogP contribution in [0.1, 0.15) is 33.1 Å². The number of methoxy groups -OCH3 is 1. The lowest BCUT2D eigenvalue weighted by molar-refractivity contribution is -0.165. The molecule has 0 amide bonds. The summed E-state index contributed by atoms with van der Waals surface area (Å²) in [6, 6.07) is 0. The van der Waals surface area contributed by atoms with Crippen molar-refractivity contribution in [2.75, 3.05) is 7.11 Å². The fourth-order valence-corrected chi connectivity index (χ4v) is 2.51. The van der Waals surface area contributed by atoms with Crippen molar-refractivity contribution < 1.29 is 24.2 Å². The first-order chi connectivity index (χ1) is 7.99. The zero-order valence-electron chi connectivity index (χ0n) is 10.5. The molecular formula is C12H20O5. The number of aliphatic hydroxyl groups is 1. The van der Waals surface area contributed by atoms with Crippen LogP contribution in [0, 0.1) is 11.8 Å². The number of carbonyl (C=O) groups is 2. The molecule has 1 aliphatic rings. The molecule has 4 atom stereocenters. The smallest absolute Gasteiger partial charge is 0.308 e. The average molecular weight is 244 g/mol. The highest BCUT2D eigenvalue weighted by Crippen LogP contribution is 2.34. The van der Waals surface area contributed by atoms with Crippen molar-refractivity contribution in [1.29, 1.82) is 0 Å². The Labute approximate surface area is 101 Å². The van der Waals surface area contributed by atoms with Gasteiger partial charge in [0.25, 0.3) is 0 Å². The number of esters is 2. The molecule has 0 saturated heterocycles. The van der Waals surface area contributed by atoms with Crippen LogP contribution in [0.2, 0.25) is 0 Å². The maximum atomic E-state index is 11.5. The highest BCUT2D eigenvalue weighted by atomic mass is 16.5. The Kier molecular flexibility index (Phi) is 4.93. The van der Waals surface area contributed by atoms with E-state index in [0.717, 1.165) is 0 Å². The van der Waals surface area contributed by atoms with Crippen molar-refractivity contribution in [3.63, 3.8) is 0 Å². The molecule has 0 aromatic rings. The first-order valence-electron chi connectivity index (χ1n) is 5.92. The predicted molar refractivity (Wildman–Crippen MR) is 60.1 cm³/mol. The van der Waals surface area contributed by atoms with E-state index in [2.05, 4.69) is 4.74 Å². The molecule has 0 aromatic heterocycles. The standard InChI is InChI=1S/C12H20O5/c1-4-9-10(14)5-8(12(15)16-3)6-11(9)17-7(2)13/h8-11,14H,4-6H2,1-3H3/t8-,9+,10+,11-/m1/s1. The Bertz CT molecular complexity index is 289. The minimum atomic E-state index is -0.623. The zero-order valence-corrected chi connectivity index (χ0v) is 10.5. The molecule has 17 heavy (non-hydrogen) atoms. The zero-order chi connectivity index (χ0) is 13.0. The summed E-state index contributed by atoms with van der Waals surface area (Å²) < 4.78 is 9.85. The third-order valence-electron chi connectivity index (χ3n) is 3.34. The fourth-order valence-electron chi connectivity index (χ4n) is 2.51. The molecule has 98 valence electrons. The van der Waals surface area contributed by atoms with Crippen molar-refractivity contribution in [2.45, 2.75) is 45.3 Å². The van der Waals surface area contributed by atoms with Crippen LogP contribution in [0.3, 0.4) is 0 Å². The van der Waals surface area contributed by atoms with Crippen molar-refractivity contribution in [2.24, 2.45) is 11.8 Å². The van der Waals surface area contributed by atoms with Crippen molar-refractivity contribution in [1.82, 2.24) is 0 Å². The molecule has 5 nitrogen and oxygen atoms in total. The van der Waals surface area contributed by atoms with Gasteiger partial charge in [0.1, 0.15) is 6.10 Å². The van der Waals surface area contributed by atoms with Crippen LogP contribution in [0.5, 0.6) is 0 Å². The number of rotatable bonds is 3. The van der Waals surface area contributed by atoms with Crippen molar-refractivity contribution in [3.8, 4) is 0 Å². The van der Waals surface area contributed by atoms with Crippen LogP contribution in [0.4, 0.5) is 0 Å². The number of hydrogen-bond acceptors (Lipinski definition) is 5. The Morgan fingerprint density at radius 2 is 2.00 bits per heavy atom. The molecule has 0 aliphatic heterocycles. The van der Waals surface area contributed by atoms with Gasteiger partial charge in [-0.15, -0.1) is 0 Å². The van der Waals surface area contributed by atoms with Gasteiger partial charge in [-0.3, -0.25) is 9.59 Å². The van der Waals surface area contributed by atoms with Crippen LogP contribution in [0.25, 0.3) is 0 Å². The molecule has 1 rings (SSSR count). The Hall–Kier alpha value is -1.10. The van der Waals surface area contributed by atoms with Crippen LogP contribution in [-0.4, -0.2) is 36.4 Å². The second-order valence-electron chi connectivity index (χ2n) is 4.48. The summed E-state index contributed by atoms with van der Waals surface area (Å²) in [6.07, 6.45) is 0.505. The maximum absolute atomic E-state index is 11.5. The normalized spacial score (nSPS) is 32.9. The molecule has 5 heteroatoms. The summed E-state index contributed by atoms with van der Waals surface area (Å²) in [5.74, 6) is -1.22. The quantitative estimate of drug-likeness (QED) is 0.746. The van der Waals surface area contributed by atoms with Gasteiger partial charge in [-0.25, -0.2) is 0 Å². The van der Waals surface area contributed by atoms with Crippen molar-refractivity contribution in [3.05, 3.63) is 0 Å². The van der Waals surface area contributed by atoms with Gasteiger partial charge in [0, 0.05) is 12.8 Å². The van der Waals surface area contributed by atoms with Crippen LogP contribution >= 0.6 is 0 Å². The van der Waals surface area contributed by atoms with E-state index in [4.69, 9.17) is 4.74 Å². The lowest BCUT2D eigenvalue weighted by Gasteiger charge is -2.37. The van der Waals surface area contributed by atoms with Gasteiger partial charge < -0.3 is 14.6 Å². The van der Waals surface area contributed by atoms with Crippen LogP contribution in [-0.2, 0) is 19.1 Å². The van der Waals surface area contributed by atoms with E-state index in [1.54, 1.807) is 0 Å². The summed E-state index contributed by atoms with van der Waals surface area (Å²) >= 11 is 0. The van der Waals surface area contributed by atoms with Crippen LogP contribution in [0.15, 0.2) is 0 Å². The van der Waals surface area contributed by atoms with Crippen LogP contribution < -0.4 is 0 Å². The summed E-state index contributed by atoms with van der Waals surface area (Å²) in [5.41, 5.74) is 0. The number of carbonyl (C=O) groups excluding carboxylic acids is 2. The maximum Gasteiger partial charge on any atom is 0.308 e. The van der Waals surface area contributed by atoms with E-state index < -0.39 is 12.2 Å². The fraction of sp³-hybridized carbons (Fsp3) is 0.833. The minimum absolute atomic E-state index is 0.0974. The van der Waals surface area contributed by atoms with Gasteiger partial charge in [-0.05, 0) is 19.3 Å².